The summed E-state index contributed by atoms with van der Waals surface area (Å²) in [5, 5.41) is 13.9. The van der Waals surface area contributed by atoms with Crippen molar-refractivity contribution in [2.75, 3.05) is 13.2 Å². The number of carbonyl (C=O) groups is 1. The van der Waals surface area contributed by atoms with Gasteiger partial charge in [0.2, 0.25) is 0 Å². The number of rotatable bonds is 3. The number of nitrogens with zero attached hydrogens (tertiary/aromatic N) is 1. The average Bonchev–Trinajstić information content (AvgIpc) is 3.14. The molecule has 3 atom stereocenters. The molecule has 3 aliphatic rings. The predicted molar refractivity (Wildman–Crippen MR) is 130 cm³/mol. The Kier molecular flexibility index (Phi) is 6.83. The summed E-state index contributed by atoms with van der Waals surface area (Å²) >= 11 is 0. The van der Waals surface area contributed by atoms with E-state index in [0.717, 1.165) is 12.1 Å². The summed E-state index contributed by atoms with van der Waals surface area (Å²) in [6.45, 7) is 9.58. The van der Waals surface area contributed by atoms with Crippen LogP contribution in [0.2, 0.25) is 0 Å². The maximum absolute atomic E-state index is 14.8. The highest BCUT2D eigenvalue weighted by Gasteiger charge is 2.53. The summed E-state index contributed by atoms with van der Waals surface area (Å²) in [5.74, 6) is -2.07. The zero-order chi connectivity index (χ0) is 28.5. The molecule has 2 aromatic rings. The van der Waals surface area contributed by atoms with Crippen LogP contribution in [0.1, 0.15) is 117 Å². The Morgan fingerprint density at radius 1 is 1.18 bits per heavy atom. The van der Waals surface area contributed by atoms with Gasteiger partial charge >= 0.3 is 12.1 Å². The Morgan fingerprint density at radius 3 is 2.41 bits per heavy atom. The lowest BCUT2D eigenvalue weighted by Crippen LogP contribution is -2.42. The number of fused-ring (bicyclic) bond motifs is 4. The molecule has 1 aromatic heterocycles. The number of pyridine rings is 1. The molecule has 5 rings (SSSR count). The second-order valence-corrected chi connectivity index (χ2v) is 11.8. The monoisotopic (exact) mass is 550 g/mol. The highest BCUT2D eigenvalue weighted by Crippen LogP contribution is 2.59. The quantitative estimate of drug-likeness (QED) is 0.349. The van der Waals surface area contributed by atoms with Crippen molar-refractivity contribution in [3.63, 3.8) is 0 Å². The third-order valence-corrected chi connectivity index (χ3v) is 8.12. The van der Waals surface area contributed by atoms with Crippen molar-refractivity contribution in [1.82, 2.24) is 4.98 Å². The normalized spacial score (nSPS) is 25.5. The molecule has 10 heteroatoms. The summed E-state index contributed by atoms with van der Waals surface area (Å²) in [6, 6.07) is 2.81. The molecule has 212 valence electrons. The van der Waals surface area contributed by atoms with E-state index >= 15 is 0 Å². The molecule has 0 N–H and O–H groups in total. The van der Waals surface area contributed by atoms with Crippen molar-refractivity contribution in [2.24, 2.45) is 5.41 Å². The Bertz CT molecular complexity index is 1300. The highest BCUT2D eigenvalue weighted by atomic mass is 19.4. The van der Waals surface area contributed by atoms with Crippen molar-refractivity contribution >= 4 is 5.97 Å². The zero-order valence-corrected chi connectivity index (χ0v) is 22.6. The molecule has 0 radical (unpaired) electrons. The molecule has 1 aromatic carbocycles. The number of halogens is 4. The first-order valence-corrected chi connectivity index (χ1v) is 13.2. The summed E-state index contributed by atoms with van der Waals surface area (Å²) in [6.07, 6.45) is -6.74. The van der Waals surface area contributed by atoms with Crippen LogP contribution >= 0.6 is 0 Å². The minimum Gasteiger partial charge on any atom is -0.848 e. The molecular weight excluding hydrogens is 518 g/mol. The smallest absolute Gasteiger partial charge is 0.419 e. The number of ether oxygens (including phenoxy) is 3. The number of hydrogen-bond acceptors (Lipinski definition) is 6. The van der Waals surface area contributed by atoms with Crippen molar-refractivity contribution in [1.29, 1.82) is 0 Å². The van der Waals surface area contributed by atoms with E-state index in [9.17, 15) is 27.5 Å². The molecule has 2 aliphatic heterocycles. The van der Waals surface area contributed by atoms with Crippen LogP contribution in [0.25, 0.3) is 0 Å². The maximum atomic E-state index is 14.8. The van der Waals surface area contributed by atoms with Crippen LogP contribution in [0.3, 0.4) is 0 Å². The van der Waals surface area contributed by atoms with Gasteiger partial charge in [-0.3, -0.25) is 9.78 Å². The Labute approximate surface area is 224 Å². The standard InChI is InChI=1S/C29H32F4NO5/c1-14(2)23-21-22(20-19(36)13-27(4,5)26(24(20)34-23)38-15(3)35)28(8-10-37-11-9-28)39-25(21)16-6-7-17(18(30)12-16)29(31,32)33/h6-7,12,14,19,25-26H,8-11,13H2,1-5H3/q-1/t19?,25-,26-/m1/s1. The van der Waals surface area contributed by atoms with Gasteiger partial charge in [0.15, 0.2) is 0 Å². The van der Waals surface area contributed by atoms with E-state index in [0.29, 0.717) is 54.1 Å². The first kappa shape index (κ1) is 28.0. The molecule has 0 saturated carbocycles. The fourth-order valence-electron chi connectivity index (χ4n) is 6.38. The van der Waals surface area contributed by atoms with Crippen LogP contribution in [0.4, 0.5) is 17.6 Å². The number of esters is 1. The van der Waals surface area contributed by atoms with Gasteiger partial charge in [-0.25, -0.2) is 4.39 Å². The lowest BCUT2D eigenvalue weighted by atomic mass is 9.68. The van der Waals surface area contributed by atoms with Gasteiger partial charge in [-0.05, 0) is 34.7 Å². The van der Waals surface area contributed by atoms with Crippen molar-refractivity contribution in [2.45, 2.75) is 89.9 Å². The zero-order valence-electron chi connectivity index (χ0n) is 22.6. The number of aromatic nitrogens is 1. The van der Waals surface area contributed by atoms with Gasteiger partial charge in [-0.15, -0.1) is 0 Å². The third kappa shape index (κ3) is 4.64. The second kappa shape index (κ2) is 9.52. The number of alkyl halides is 3. The summed E-state index contributed by atoms with van der Waals surface area (Å²) in [4.78, 5) is 17.1. The molecule has 1 spiro atoms. The molecule has 6 nitrogen and oxygen atoms in total. The van der Waals surface area contributed by atoms with Crippen LogP contribution in [0.5, 0.6) is 0 Å². The molecular formula is C29H32F4NO5-. The molecule has 39 heavy (non-hydrogen) atoms. The average molecular weight is 551 g/mol. The number of carbonyl (C=O) groups excluding carboxylic acids is 1. The number of benzene rings is 1. The van der Waals surface area contributed by atoms with Crippen LogP contribution in [-0.2, 0) is 30.8 Å². The molecule has 3 heterocycles. The Hall–Kier alpha value is -2.56. The highest BCUT2D eigenvalue weighted by molar-refractivity contribution is 5.67. The van der Waals surface area contributed by atoms with E-state index in [1.807, 2.05) is 27.7 Å². The van der Waals surface area contributed by atoms with Gasteiger partial charge in [-0.1, -0.05) is 46.3 Å². The van der Waals surface area contributed by atoms with E-state index in [2.05, 4.69) is 0 Å². The fourth-order valence-corrected chi connectivity index (χ4v) is 6.38. The lowest BCUT2D eigenvalue weighted by Gasteiger charge is -2.47. The summed E-state index contributed by atoms with van der Waals surface area (Å²) in [5.41, 5.74) is -0.163. The van der Waals surface area contributed by atoms with Crippen LogP contribution < -0.4 is 5.11 Å². The van der Waals surface area contributed by atoms with Gasteiger partial charge in [0, 0.05) is 49.7 Å². The third-order valence-electron chi connectivity index (χ3n) is 8.12. The van der Waals surface area contributed by atoms with E-state index in [4.69, 9.17) is 19.2 Å². The molecule has 1 fully saturated rings. The molecule has 1 saturated heterocycles. The van der Waals surface area contributed by atoms with Crippen molar-refractivity contribution < 1.29 is 41.7 Å². The van der Waals surface area contributed by atoms with Gasteiger partial charge in [0.1, 0.15) is 18.0 Å². The first-order valence-electron chi connectivity index (χ1n) is 13.2. The van der Waals surface area contributed by atoms with Gasteiger partial charge < -0.3 is 19.3 Å². The Morgan fingerprint density at radius 2 is 1.85 bits per heavy atom. The second-order valence-electron chi connectivity index (χ2n) is 11.8. The minimum atomic E-state index is -4.84. The lowest BCUT2D eigenvalue weighted by molar-refractivity contribution is -0.436. The van der Waals surface area contributed by atoms with Gasteiger partial charge in [-0.2, -0.15) is 13.2 Å². The van der Waals surface area contributed by atoms with Gasteiger partial charge in [0.05, 0.1) is 16.9 Å². The largest absolute Gasteiger partial charge is 0.848 e. The Balaban J connectivity index is 1.80. The van der Waals surface area contributed by atoms with Crippen LogP contribution in [0.15, 0.2) is 18.2 Å². The maximum Gasteiger partial charge on any atom is 0.419 e. The van der Waals surface area contributed by atoms with Gasteiger partial charge in [0.25, 0.3) is 0 Å². The fraction of sp³-hybridized carbons (Fsp3) is 0.586. The molecule has 1 aliphatic carbocycles. The molecule has 0 amide bonds. The van der Waals surface area contributed by atoms with E-state index < -0.39 is 52.9 Å². The topological polar surface area (TPSA) is 80.7 Å². The van der Waals surface area contributed by atoms with Crippen molar-refractivity contribution in [3.05, 3.63) is 63.2 Å². The first-order chi connectivity index (χ1) is 18.2. The van der Waals surface area contributed by atoms with Crippen LogP contribution in [-0.4, -0.2) is 24.2 Å². The van der Waals surface area contributed by atoms with E-state index in [1.165, 1.54) is 13.0 Å². The predicted octanol–water partition coefficient (Wildman–Crippen LogP) is 5.92. The SMILES string of the molecule is CC(=O)O[C@@H]1c2nc(C(C)C)c3c(c2C([O-])CC1(C)C)C1(CCOCC1)O[C@@H]3c1ccc(C(F)(F)F)c(F)c1. The van der Waals surface area contributed by atoms with E-state index in [-0.39, 0.29) is 17.9 Å². The molecule has 0 bridgehead atoms. The number of hydrogen-bond donors (Lipinski definition) is 0. The van der Waals surface area contributed by atoms with Crippen molar-refractivity contribution in [3.8, 4) is 0 Å². The summed E-state index contributed by atoms with van der Waals surface area (Å²) < 4.78 is 72.7. The minimum absolute atomic E-state index is 0.180. The summed E-state index contributed by atoms with van der Waals surface area (Å²) in [7, 11) is 0. The van der Waals surface area contributed by atoms with Crippen LogP contribution in [0, 0.1) is 11.2 Å². The molecule has 1 unspecified atom stereocenters. The van der Waals surface area contributed by atoms with E-state index in [1.54, 1.807) is 0 Å².